The highest BCUT2D eigenvalue weighted by molar-refractivity contribution is 6.37. The Bertz CT molecular complexity index is 1530. The Kier molecular flexibility index (Phi) is 5.95. The second kappa shape index (κ2) is 9.06. The summed E-state index contributed by atoms with van der Waals surface area (Å²) in [7, 11) is 1.54. The van der Waals surface area contributed by atoms with Gasteiger partial charge in [0.15, 0.2) is 0 Å². The van der Waals surface area contributed by atoms with Crippen LogP contribution in [0, 0.1) is 0 Å². The Morgan fingerprint density at radius 1 is 1.12 bits per heavy atom. The summed E-state index contributed by atoms with van der Waals surface area (Å²) in [6.07, 6.45) is 2.89. The summed E-state index contributed by atoms with van der Waals surface area (Å²) in [4.78, 5) is 25.6. The van der Waals surface area contributed by atoms with Gasteiger partial charge in [0.1, 0.15) is 22.9 Å². The number of nitrogens with zero attached hydrogens (tertiary/aromatic N) is 5. The number of rotatable bonds is 6. The van der Waals surface area contributed by atoms with Crippen LogP contribution in [-0.4, -0.2) is 37.6 Å². The quantitative estimate of drug-likeness (QED) is 0.267. The van der Waals surface area contributed by atoms with E-state index < -0.39 is 5.78 Å². The second-order valence-electron chi connectivity index (χ2n) is 7.22. The molecule has 11 heteroatoms. The Morgan fingerprint density at radius 3 is 2.71 bits per heavy atom. The first kappa shape index (κ1) is 22.3. The van der Waals surface area contributed by atoms with Crippen LogP contribution >= 0.6 is 34.8 Å². The molecule has 0 spiro atoms. The van der Waals surface area contributed by atoms with Gasteiger partial charge >= 0.3 is 0 Å². The molecule has 0 aliphatic rings. The number of carbonyl (C=O) groups is 1. The molecule has 0 aliphatic carbocycles. The predicted octanol–water partition coefficient (Wildman–Crippen LogP) is 5.73. The molecule has 5 aromatic rings. The lowest BCUT2D eigenvalue weighted by atomic mass is 10.1. The largest absolute Gasteiger partial charge is 0.497 e. The number of hydrogen-bond donors (Lipinski definition) is 0. The highest BCUT2D eigenvalue weighted by Crippen LogP contribution is 2.36. The van der Waals surface area contributed by atoms with Crippen molar-refractivity contribution in [1.82, 2.24) is 24.7 Å². The van der Waals surface area contributed by atoms with Crippen molar-refractivity contribution in [2.45, 2.75) is 6.54 Å². The van der Waals surface area contributed by atoms with Gasteiger partial charge in [-0.2, -0.15) is 4.98 Å². The fourth-order valence-corrected chi connectivity index (χ4v) is 4.38. The van der Waals surface area contributed by atoms with Gasteiger partial charge in [0.05, 0.1) is 24.7 Å². The maximum absolute atomic E-state index is 13.5. The molecule has 8 nitrogen and oxygen atoms in total. The van der Waals surface area contributed by atoms with E-state index in [1.807, 2.05) is 12.1 Å². The predicted molar refractivity (Wildman–Crippen MR) is 128 cm³/mol. The van der Waals surface area contributed by atoms with E-state index in [1.54, 1.807) is 48.2 Å². The van der Waals surface area contributed by atoms with Gasteiger partial charge < -0.3 is 13.8 Å². The van der Waals surface area contributed by atoms with E-state index in [4.69, 9.17) is 44.1 Å². The molecule has 0 N–H and O–H groups in total. The topological polar surface area (TPSA) is 95.9 Å². The molecule has 0 aliphatic heterocycles. The third-order valence-corrected chi connectivity index (χ3v) is 6.19. The smallest absolute Gasteiger partial charge is 0.299 e. The van der Waals surface area contributed by atoms with Crippen LogP contribution in [-0.2, 0) is 6.54 Å². The fourth-order valence-electron chi connectivity index (χ4n) is 3.57. The third kappa shape index (κ3) is 4.00. The SMILES string of the molecule is COc1ccc2c(c1)c(C(=O)c1nc(-c3ccncn3)no1)c(Cl)n2Cc1ccc(Cl)cc1Cl. The molecule has 0 bridgehead atoms. The summed E-state index contributed by atoms with van der Waals surface area (Å²) < 4.78 is 12.4. The molecular formula is C23H14Cl3N5O3. The van der Waals surface area contributed by atoms with Crippen LogP contribution in [0.25, 0.3) is 22.4 Å². The van der Waals surface area contributed by atoms with E-state index in [2.05, 4.69) is 20.1 Å². The number of ketones is 1. The molecule has 2 aromatic carbocycles. The van der Waals surface area contributed by atoms with Crippen molar-refractivity contribution in [2.24, 2.45) is 0 Å². The first-order valence-corrected chi connectivity index (χ1v) is 11.0. The van der Waals surface area contributed by atoms with Crippen molar-refractivity contribution >= 4 is 51.5 Å². The Hall–Kier alpha value is -3.46. The monoisotopic (exact) mass is 513 g/mol. The highest BCUT2D eigenvalue weighted by Gasteiger charge is 2.28. The number of benzene rings is 2. The lowest BCUT2D eigenvalue weighted by Gasteiger charge is -2.10. The molecule has 34 heavy (non-hydrogen) atoms. The van der Waals surface area contributed by atoms with Crippen molar-refractivity contribution in [2.75, 3.05) is 7.11 Å². The normalized spacial score (nSPS) is 11.2. The number of halogens is 3. The maximum atomic E-state index is 13.5. The zero-order chi connectivity index (χ0) is 23.8. The van der Waals surface area contributed by atoms with E-state index in [1.165, 1.54) is 6.33 Å². The first-order chi connectivity index (χ1) is 16.5. The number of hydrogen-bond acceptors (Lipinski definition) is 7. The molecule has 0 fully saturated rings. The average molecular weight is 515 g/mol. The Labute approximate surface area is 208 Å². The zero-order valence-corrected chi connectivity index (χ0v) is 19.8. The van der Waals surface area contributed by atoms with Gasteiger partial charge in [0, 0.05) is 21.6 Å². The lowest BCUT2D eigenvalue weighted by molar-refractivity contribution is 0.0995. The molecule has 5 rings (SSSR count). The molecular weight excluding hydrogens is 501 g/mol. The summed E-state index contributed by atoms with van der Waals surface area (Å²) in [6.45, 7) is 0.307. The third-order valence-electron chi connectivity index (χ3n) is 5.21. The van der Waals surface area contributed by atoms with Gasteiger partial charge in [-0.1, -0.05) is 46.0 Å². The summed E-state index contributed by atoms with van der Waals surface area (Å²) in [5.74, 6) is -0.0258. The van der Waals surface area contributed by atoms with Crippen LogP contribution in [0.15, 0.2) is 59.5 Å². The van der Waals surface area contributed by atoms with E-state index in [-0.39, 0.29) is 22.4 Å². The van der Waals surface area contributed by atoms with Crippen LogP contribution in [0.4, 0.5) is 0 Å². The summed E-state index contributed by atoms with van der Waals surface area (Å²) in [5.41, 5.74) is 2.11. The van der Waals surface area contributed by atoms with Crippen molar-refractivity contribution in [1.29, 1.82) is 0 Å². The molecule has 0 amide bonds. The minimum atomic E-state index is -0.531. The second-order valence-corrected chi connectivity index (χ2v) is 8.42. The summed E-state index contributed by atoms with van der Waals surface area (Å²) in [6, 6.07) is 12.1. The Balaban J connectivity index is 1.62. The van der Waals surface area contributed by atoms with E-state index in [9.17, 15) is 4.79 Å². The van der Waals surface area contributed by atoms with Gasteiger partial charge in [0.25, 0.3) is 11.7 Å². The number of methoxy groups -OCH3 is 1. The molecule has 0 saturated heterocycles. The van der Waals surface area contributed by atoms with E-state index in [0.29, 0.717) is 38.9 Å². The summed E-state index contributed by atoms with van der Waals surface area (Å²) >= 11 is 19.2. The molecule has 170 valence electrons. The van der Waals surface area contributed by atoms with Gasteiger partial charge in [0.2, 0.25) is 5.82 Å². The van der Waals surface area contributed by atoms with E-state index in [0.717, 1.165) is 5.56 Å². The molecule has 0 atom stereocenters. The van der Waals surface area contributed by atoms with Crippen molar-refractivity contribution in [3.63, 3.8) is 0 Å². The standard InChI is InChI=1S/C23H14Cl3N5O3/c1-33-14-4-5-18-15(9-14)19(21(26)31(18)10-12-2-3-13(24)8-16(12)25)20(32)23-29-22(30-34-23)17-6-7-27-11-28-17/h2-9,11H,10H2,1H3. The lowest BCUT2D eigenvalue weighted by Crippen LogP contribution is -2.04. The van der Waals surface area contributed by atoms with Crippen LogP contribution < -0.4 is 4.74 Å². The van der Waals surface area contributed by atoms with Gasteiger partial charge in [-0.3, -0.25) is 4.79 Å². The summed E-state index contributed by atoms with van der Waals surface area (Å²) in [5, 5.41) is 5.64. The highest BCUT2D eigenvalue weighted by atomic mass is 35.5. The minimum Gasteiger partial charge on any atom is -0.497 e. The molecule has 0 saturated carbocycles. The van der Waals surface area contributed by atoms with Crippen LogP contribution in [0.5, 0.6) is 5.75 Å². The maximum Gasteiger partial charge on any atom is 0.299 e. The number of aromatic nitrogens is 5. The molecule has 0 radical (unpaired) electrons. The van der Waals surface area contributed by atoms with Crippen molar-refractivity contribution in [3.8, 4) is 17.3 Å². The Morgan fingerprint density at radius 2 is 1.97 bits per heavy atom. The van der Waals surface area contributed by atoms with Crippen LogP contribution in [0.3, 0.4) is 0 Å². The van der Waals surface area contributed by atoms with Gasteiger partial charge in [-0.15, -0.1) is 0 Å². The van der Waals surface area contributed by atoms with Gasteiger partial charge in [-0.05, 0) is 42.0 Å². The number of carbonyl (C=O) groups excluding carboxylic acids is 1. The minimum absolute atomic E-state index is 0.163. The van der Waals surface area contributed by atoms with Gasteiger partial charge in [-0.25, -0.2) is 9.97 Å². The van der Waals surface area contributed by atoms with Crippen LogP contribution in [0.2, 0.25) is 15.2 Å². The number of fused-ring (bicyclic) bond motifs is 1. The van der Waals surface area contributed by atoms with Crippen LogP contribution in [0.1, 0.15) is 21.8 Å². The molecule has 3 heterocycles. The fraction of sp³-hybridized carbons (Fsp3) is 0.0870. The molecule has 3 aromatic heterocycles. The van der Waals surface area contributed by atoms with Crippen molar-refractivity contribution < 1.29 is 14.1 Å². The van der Waals surface area contributed by atoms with E-state index >= 15 is 0 Å². The average Bonchev–Trinajstić information content (AvgIpc) is 3.44. The number of ether oxygens (including phenoxy) is 1. The first-order valence-electron chi connectivity index (χ1n) is 9.90. The zero-order valence-electron chi connectivity index (χ0n) is 17.5. The molecule has 0 unspecified atom stereocenters. The van der Waals surface area contributed by atoms with Crippen molar-refractivity contribution in [3.05, 3.63) is 87.2 Å².